The third-order valence-electron chi connectivity index (χ3n) is 3.41. The average molecular weight is 282 g/mol. The SMILES string of the molecule is CCC(C)CNc1ccccc1S(=O)(=O)NC1CC1. The summed E-state index contributed by atoms with van der Waals surface area (Å²) in [5, 5.41) is 3.24. The highest BCUT2D eigenvalue weighted by atomic mass is 32.2. The Hall–Kier alpha value is -1.07. The third-order valence-corrected chi connectivity index (χ3v) is 4.99. The number of benzene rings is 1. The van der Waals surface area contributed by atoms with Gasteiger partial charge >= 0.3 is 0 Å². The first-order chi connectivity index (χ1) is 9.03. The van der Waals surface area contributed by atoms with Crippen LogP contribution in [0.15, 0.2) is 29.2 Å². The van der Waals surface area contributed by atoms with Crippen LogP contribution in [0.25, 0.3) is 0 Å². The molecule has 0 bridgehead atoms. The van der Waals surface area contributed by atoms with E-state index in [-0.39, 0.29) is 6.04 Å². The van der Waals surface area contributed by atoms with Crippen molar-refractivity contribution in [2.75, 3.05) is 11.9 Å². The van der Waals surface area contributed by atoms with E-state index in [0.717, 1.165) is 25.8 Å². The number of hydrogen-bond donors (Lipinski definition) is 2. The fraction of sp³-hybridized carbons (Fsp3) is 0.571. The monoisotopic (exact) mass is 282 g/mol. The molecule has 1 fully saturated rings. The second kappa shape index (κ2) is 5.92. The van der Waals surface area contributed by atoms with Crippen LogP contribution in [0.1, 0.15) is 33.1 Å². The molecule has 2 N–H and O–H groups in total. The van der Waals surface area contributed by atoms with Crippen molar-refractivity contribution in [2.45, 2.75) is 44.0 Å². The van der Waals surface area contributed by atoms with Gasteiger partial charge in [-0.1, -0.05) is 32.4 Å². The Labute approximate surface area is 115 Å². The van der Waals surface area contributed by atoms with Crippen LogP contribution in [-0.2, 0) is 10.0 Å². The fourth-order valence-electron chi connectivity index (χ4n) is 1.76. The number of rotatable bonds is 7. The summed E-state index contributed by atoms with van der Waals surface area (Å²) in [6, 6.07) is 7.23. The lowest BCUT2D eigenvalue weighted by molar-refractivity contribution is 0.579. The quantitative estimate of drug-likeness (QED) is 0.808. The van der Waals surface area contributed by atoms with Gasteiger partial charge in [-0.15, -0.1) is 0 Å². The van der Waals surface area contributed by atoms with Crippen LogP contribution in [0.2, 0.25) is 0 Å². The van der Waals surface area contributed by atoms with Crippen molar-refractivity contribution >= 4 is 15.7 Å². The number of hydrogen-bond acceptors (Lipinski definition) is 3. The Balaban J connectivity index is 2.15. The second-order valence-electron chi connectivity index (χ2n) is 5.29. The van der Waals surface area contributed by atoms with Gasteiger partial charge in [0.2, 0.25) is 10.0 Å². The zero-order chi connectivity index (χ0) is 13.9. The van der Waals surface area contributed by atoms with E-state index in [0.29, 0.717) is 16.5 Å². The van der Waals surface area contributed by atoms with Gasteiger partial charge in [0.05, 0.1) is 5.69 Å². The number of nitrogens with one attached hydrogen (secondary N) is 2. The molecule has 19 heavy (non-hydrogen) atoms. The zero-order valence-corrected chi connectivity index (χ0v) is 12.3. The molecule has 0 spiro atoms. The Morgan fingerprint density at radius 3 is 2.63 bits per heavy atom. The van der Waals surface area contributed by atoms with Crippen molar-refractivity contribution in [1.29, 1.82) is 0 Å². The highest BCUT2D eigenvalue weighted by Crippen LogP contribution is 2.26. The smallest absolute Gasteiger partial charge is 0.242 e. The average Bonchev–Trinajstić information content (AvgIpc) is 3.19. The van der Waals surface area contributed by atoms with Crippen LogP contribution in [0.3, 0.4) is 0 Å². The lowest BCUT2D eigenvalue weighted by Crippen LogP contribution is -2.26. The first kappa shape index (κ1) is 14.3. The van der Waals surface area contributed by atoms with Crippen molar-refractivity contribution in [2.24, 2.45) is 5.92 Å². The summed E-state index contributed by atoms with van der Waals surface area (Å²) in [5.41, 5.74) is 0.691. The molecule has 2 rings (SSSR count). The molecular formula is C14H22N2O2S. The summed E-state index contributed by atoms with van der Waals surface area (Å²) in [6.45, 7) is 5.06. The molecule has 0 aliphatic heterocycles. The Bertz CT molecular complexity index is 524. The van der Waals surface area contributed by atoms with Gasteiger partial charge in [-0.25, -0.2) is 13.1 Å². The number of sulfonamides is 1. The lowest BCUT2D eigenvalue weighted by Gasteiger charge is -2.15. The molecule has 0 heterocycles. The first-order valence-corrected chi connectivity index (χ1v) is 8.36. The molecule has 5 heteroatoms. The van der Waals surface area contributed by atoms with Crippen LogP contribution in [0.5, 0.6) is 0 Å². The molecule has 1 aliphatic rings. The van der Waals surface area contributed by atoms with Crippen LogP contribution >= 0.6 is 0 Å². The van der Waals surface area contributed by atoms with Crippen LogP contribution in [0.4, 0.5) is 5.69 Å². The van der Waals surface area contributed by atoms with Gasteiger partial charge in [0.25, 0.3) is 0 Å². The predicted molar refractivity (Wildman–Crippen MR) is 77.7 cm³/mol. The van der Waals surface area contributed by atoms with Crippen molar-refractivity contribution < 1.29 is 8.42 Å². The fourth-order valence-corrected chi connectivity index (χ4v) is 3.25. The summed E-state index contributed by atoms with van der Waals surface area (Å²) >= 11 is 0. The Morgan fingerprint density at radius 2 is 2.00 bits per heavy atom. The largest absolute Gasteiger partial charge is 0.384 e. The summed E-state index contributed by atoms with van der Waals surface area (Å²) in [7, 11) is -3.39. The van der Waals surface area contributed by atoms with Crippen molar-refractivity contribution in [3.05, 3.63) is 24.3 Å². The van der Waals surface area contributed by atoms with Gasteiger partial charge in [0, 0.05) is 12.6 Å². The molecule has 4 nitrogen and oxygen atoms in total. The maximum Gasteiger partial charge on any atom is 0.242 e. The highest BCUT2D eigenvalue weighted by Gasteiger charge is 2.29. The minimum absolute atomic E-state index is 0.132. The number of anilines is 1. The van der Waals surface area contributed by atoms with Gasteiger partial charge in [-0.05, 0) is 30.9 Å². The Kier molecular flexibility index (Phi) is 4.47. The van der Waals surface area contributed by atoms with E-state index in [4.69, 9.17) is 0 Å². The molecule has 1 atom stereocenters. The van der Waals surface area contributed by atoms with Crippen LogP contribution in [0, 0.1) is 5.92 Å². The first-order valence-electron chi connectivity index (χ1n) is 6.88. The molecule has 0 amide bonds. The highest BCUT2D eigenvalue weighted by molar-refractivity contribution is 7.89. The molecule has 1 unspecified atom stereocenters. The van der Waals surface area contributed by atoms with Crippen molar-refractivity contribution in [1.82, 2.24) is 4.72 Å². The van der Waals surface area contributed by atoms with Gasteiger partial charge in [0.15, 0.2) is 0 Å². The third kappa shape index (κ3) is 3.94. The van der Waals surface area contributed by atoms with E-state index in [1.807, 2.05) is 12.1 Å². The van der Waals surface area contributed by atoms with Gasteiger partial charge < -0.3 is 5.32 Å². The predicted octanol–water partition coefficient (Wildman–Crippen LogP) is 2.59. The molecule has 1 aromatic rings. The van der Waals surface area contributed by atoms with E-state index < -0.39 is 10.0 Å². The molecule has 1 aromatic carbocycles. The molecule has 106 valence electrons. The van der Waals surface area contributed by atoms with Crippen molar-refractivity contribution in [3.63, 3.8) is 0 Å². The maximum atomic E-state index is 12.3. The van der Waals surface area contributed by atoms with E-state index in [9.17, 15) is 8.42 Å². The van der Waals surface area contributed by atoms with E-state index in [1.54, 1.807) is 12.1 Å². The zero-order valence-electron chi connectivity index (χ0n) is 11.5. The van der Waals surface area contributed by atoms with Gasteiger partial charge in [-0.3, -0.25) is 0 Å². The molecular weight excluding hydrogens is 260 g/mol. The molecule has 0 radical (unpaired) electrons. The topological polar surface area (TPSA) is 58.2 Å². The van der Waals surface area contributed by atoms with Crippen LogP contribution in [-0.4, -0.2) is 21.0 Å². The molecule has 0 saturated heterocycles. The van der Waals surface area contributed by atoms with E-state index >= 15 is 0 Å². The minimum Gasteiger partial charge on any atom is -0.384 e. The summed E-state index contributed by atoms with van der Waals surface area (Å²) in [4.78, 5) is 0.352. The summed E-state index contributed by atoms with van der Waals surface area (Å²) in [5.74, 6) is 0.521. The molecule has 1 saturated carbocycles. The molecule has 0 aromatic heterocycles. The minimum atomic E-state index is -3.39. The second-order valence-corrected chi connectivity index (χ2v) is 6.97. The normalized spacial score (nSPS) is 17.2. The standard InChI is InChI=1S/C14H22N2O2S/c1-3-11(2)10-15-13-6-4-5-7-14(13)19(17,18)16-12-8-9-12/h4-7,11-12,15-16H,3,8-10H2,1-2H3. The Morgan fingerprint density at radius 1 is 1.32 bits per heavy atom. The maximum absolute atomic E-state index is 12.3. The summed E-state index contributed by atoms with van der Waals surface area (Å²) < 4.78 is 27.3. The lowest BCUT2D eigenvalue weighted by atomic mass is 10.1. The van der Waals surface area contributed by atoms with Gasteiger partial charge in [-0.2, -0.15) is 0 Å². The van der Waals surface area contributed by atoms with E-state index in [2.05, 4.69) is 23.9 Å². The number of para-hydroxylation sites is 1. The summed E-state index contributed by atoms with van der Waals surface area (Å²) in [6.07, 6.45) is 2.96. The van der Waals surface area contributed by atoms with E-state index in [1.165, 1.54) is 0 Å². The molecule has 1 aliphatic carbocycles. The van der Waals surface area contributed by atoms with Crippen molar-refractivity contribution in [3.8, 4) is 0 Å². The van der Waals surface area contributed by atoms with Gasteiger partial charge in [0.1, 0.15) is 4.90 Å². The van der Waals surface area contributed by atoms with Crippen LogP contribution < -0.4 is 10.0 Å².